The molecular weight excluding hydrogens is 567 g/mol. The number of anilines is 3. The van der Waals surface area contributed by atoms with Gasteiger partial charge in [0.05, 0.1) is 12.0 Å². The first-order valence-electron chi connectivity index (χ1n) is 15.2. The molecule has 0 radical (unpaired) electrons. The summed E-state index contributed by atoms with van der Waals surface area (Å²) in [4.78, 5) is 2.38. The Labute approximate surface area is 265 Å². The van der Waals surface area contributed by atoms with Crippen molar-refractivity contribution in [2.75, 3.05) is 4.90 Å². The van der Waals surface area contributed by atoms with Crippen LogP contribution in [0.25, 0.3) is 64.2 Å². The maximum absolute atomic E-state index is 5.73. The fourth-order valence-electron chi connectivity index (χ4n) is 6.59. The summed E-state index contributed by atoms with van der Waals surface area (Å²) in [6.45, 7) is 0. The van der Waals surface area contributed by atoms with E-state index in [2.05, 4.69) is 157 Å². The van der Waals surface area contributed by atoms with E-state index in [0.29, 0.717) is 0 Å². The highest BCUT2D eigenvalue weighted by Crippen LogP contribution is 2.43. The van der Waals surface area contributed by atoms with Crippen molar-refractivity contribution in [2.45, 2.75) is 0 Å². The van der Waals surface area contributed by atoms with Gasteiger partial charge in [-0.1, -0.05) is 103 Å². The summed E-state index contributed by atoms with van der Waals surface area (Å²) >= 11 is 1.86. The van der Waals surface area contributed by atoms with Gasteiger partial charge in [0, 0.05) is 42.3 Å². The molecule has 0 fully saturated rings. The predicted octanol–water partition coefficient (Wildman–Crippen LogP) is 12.8. The summed E-state index contributed by atoms with van der Waals surface area (Å²) in [6, 6.07) is 56.8. The second-order valence-electron chi connectivity index (χ2n) is 11.4. The average Bonchev–Trinajstić information content (AvgIpc) is 3.73. The molecule has 0 aliphatic carbocycles. The smallest absolute Gasteiger partial charge is 0.134 e. The van der Waals surface area contributed by atoms with Gasteiger partial charge in [0.1, 0.15) is 5.58 Å². The Hall–Kier alpha value is -5.64. The quantitative estimate of drug-likeness (QED) is 0.197. The Kier molecular flexibility index (Phi) is 6.03. The third-order valence-corrected chi connectivity index (χ3v) is 9.88. The highest BCUT2D eigenvalue weighted by atomic mass is 32.1. The van der Waals surface area contributed by atoms with Gasteiger partial charge < -0.3 is 9.32 Å². The summed E-state index contributed by atoms with van der Waals surface area (Å²) in [5, 5.41) is 6.18. The normalized spacial score (nSPS) is 11.6. The van der Waals surface area contributed by atoms with Gasteiger partial charge in [0.25, 0.3) is 0 Å². The Balaban J connectivity index is 1.20. The van der Waals surface area contributed by atoms with Gasteiger partial charge in [-0.05, 0) is 82.2 Å². The largest absolute Gasteiger partial charge is 0.464 e. The molecule has 0 unspecified atom stereocenters. The number of furan rings is 1. The van der Waals surface area contributed by atoms with Gasteiger partial charge in [-0.25, -0.2) is 0 Å². The zero-order valence-corrected chi connectivity index (χ0v) is 25.2. The molecule has 0 aliphatic rings. The Morgan fingerprint density at radius 1 is 0.467 bits per heavy atom. The van der Waals surface area contributed by atoms with E-state index >= 15 is 0 Å². The van der Waals surface area contributed by atoms with Crippen molar-refractivity contribution in [3.63, 3.8) is 0 Å². The molecule has 9 rings (SSSR count). The van der Waals surface area contributed by atoms with Crippen molar-refractivity contribution >= 4 is 70.3 Å². The summed E-state index contributed by atoms with van der Waals surface area (Å²) in [5.74, 6) is 0. The number of hydrogen-bond donors (Lipinski definition) is 0. The Morgan fingerprint density at radius 3 is 2.13 bits per heavy atom. The molecule has 2 aromatic heterocycles. The summed E-state index contributed by atoms with van der Waals surface area (Å²) < 4.78 is 8.37. The molecule has 0 amide bonds. The molecule has 9 aromatic rings. The van der Waals surface area contributed by atoms with E-state index in [-0.39, 0.29) is 0 Å². The van der Waals surface area contributed by atoms with E-state index in [4.69, 9.17) is 4.42 Å². The van der Waals surface area contributed by atoms with E-state index in [0.717, 1.165) is 39.2 Å². The topological polar surface area (TPSA) is 16.4 Å². The highest BCUT2D eigenvalue weighted by Gasteiger charge is 2.17. The summed E-state index contributed by atoms with van der Waals surface area (Å²) in [7, 11) is 0. The lowest BCUT2D eigenvalue weighted by atomic mass is 9.98. The second-order valence-corrected chi connectivity index (χ2v) is 12.5. The molecule has 0 saturated carbocycles. The third kappa shape index (κ3) is 4.40. The fourth-order valence-corrected chi connectivity index (χ4v) is 7.73. The first-order valence-corrected chi connectivity index (χ1v) is 16.0. The predicted molar refractivity (Wildman–Crippen MR) is 192 cm³/mol. The average molecular weight is 594 g/mol. The maximum Gasteiger partial charge on any atom is 0.134 e. The minimum atomic E-state index is 0.896. The minimum absolute atomic E-state index is 0.896. The van der Waals surface area contributed by atoms with Crippen LogP contribution in [0.15, 0.2) is 168 Å². The van der Waals surface area contributed by atoms with Crippen LogP contribution >= 0.6 is 11.3 Å². The lowest BCUT2D eigenvalue weighted by Crippen LogP contribution is -2.10. The molecule has 0 saturated heterocycles. The van der Waals surface area contributed by atoms with E-state index in [1.165, 1.54) is 42.1 Å². The van der Waals surface area contributed by atoms with Crippen LogP contribution in [0.3, 0.4) is 0 Å². The number of nitrogens with zero attached hydrogens (tertiary/aromatic N) is 1. The van der Waals surface area contributed by atoms with Crippen LogP contribution < -0.4 is 4.90 Å². The molecule has 2 nitrogen and oxygen atoms in total. The number of thiophene rings is 1. The summed E-state index contributed by atoms with van der Waals surface area (Å²) in [6.07, 6.45) is 1.75. The number of rotatable bonds is 5. The Morgan fingerprint density at radius 2 is 1.20 bits per heavy atom. The molecule has 7 aromatic carbocycles. The van der Waals surface area contributed by atoms with Gasteiger partial charge in [-0.3, -0.25) is 0 Å². The monoisotopic (exact) mass is 593 g/mol. The number of hydrogen-bond acceptors (Lipinski definition) is 3. The third-order valence-electron chi connectivity index (χ3n) is 8.74. The van der Waals surface area contributed by atoms with Crippen LogP contribution in [0, 0.1) is 0 Å². The SMILES string of the molecule is c1cc(-c2ccc3ccoc3c2)cc(N(c2ccc(-c3cccc4sc5ccccc5c34)cc2)c2cccc3ccccc23)c1. The standard InChI is InChI=1S/C42H27NOS/c1-2-12-35-28(8-1)9-6-15-38(35)43(34-11-5-10-31(26-34)32-19-18-30-24-25-44-39(30)27-32)33-22-20-29(21-23-33)36-14-7-17-41-42(36)37-13-3-4-16-40(37)45-41/h1-27H. The molecular formula is C42H27NOS. The lowest BCUT2D eigenvalue weighted by molar-refractivity contribution is 0.616. The molecule has 212 valence electrons. The molecule has 45 heavy (non-hydrogen) atoms. The fraction of sp³-hybridized carbons (Fsp3) is 0. The van der Waals surface area contributed by atoms with Gasteiger partial charge in [0.15, 0.2) is 0 Å². The zero-order chi connectivity index (χ0) is 29.7. The van der Waals surface area contributed by atoms with Gasteiger partial charge >= 0.3 is 0 Å². The molecule has 0 bridgehead atoms. The lowest BCUT2D eigenvalue weighted by Gasteiger charge is -2.27. The van der Waals surface area contributed by atoms with Crippen molar-refractivity contribution < 1.29 is 4.42 Å². The van der Waals surface area contributed by atoms with E-state index in [9.17, 15) is 0 Å². The molecule has 0 aliphatic heterocycles. The second kappa shape index (κ2) is 10.5. The minimum Gasteiger partial charge on any atom is -0.464 e. The molecule has 2 heterocycles. The van der Waals surface area contributed by atoms with Crippen LogP contribution in [0.2, 0.25) is 0 Å². The van der Waals surface area contributed by atoms with Crippen LogP contribution in [0.4, 0.5) is 17.1 Å². The van der Waals surface area contributed by atoms with Crippen molar-refractivity contribution in [3.8, 4) is 22.3 Å². The number of fused-ring (bicyclic) bond motifs is 5. The zero-order valence-electron chi connectivity index (χ0n) is 24.4. The van der Waals surface area contributed by atoms with E-state index in [1.807, 2.05) is 17.4 Å². The van der Waals surface area contributed by atoms with Crippen molar-refractivity contribution in [2.24, 2.45) is 0 Å². The van der Waals surface area contributed by atoms with Crippen LogP contribution in [0.1, 0.15) is 0 Å². The highest BCUT2D eigenvalue weighted by molar-refractivity contribution is 7.25. The van der Waals surface area contributed by atoms with E-state index in [1.54, 1.807) is 6.26 Å². The Bertz CT molecular complexity index is 2500. The van der Waals surface area contributed by atoms with Gasteiger partial charge in [0.2, 0.25) is 0 Å². The van der Waals surface area contributed by atoms with E-state index < -0.39 is 0 Å². The van der Waals surface area contributed by atoms with Crippen LogP contribution in [0.5, 0.6) is 0 Å². The van der Waals surface area contributed by atoms with Crippen LogP contribution in [-0.2, 0) is 0 Å². The van der Waals surface area contributed by atoms with Gasteiger partial charge in [-0.2, -0.15) is 0 Å². The summed E-state index contributed by atoms with van der Waals surface area (Å²) in [5.41, 5.74) is 9.00. The molecule has 0 spiro atoms. The molecule has 0 atom stereocenters. The van der Waals surface area contributed by atoms with Crippen molar-refractivity contribution in [1.29, 1.82) is 0 Å². The van der Waals surface area contributed by atoms with Crippen molar-refractivity contribution in [3.05, 3.63) is 164 Å². The number of benzene rings is 7. The molecule has 0 N–H and O–H groups in total. The maximum atomic E-state index is 5.73. The van der Waals surface area contributed by atoms with Crippen LogP contribution in [-0.4, -0.2) is 0 Å². The molecule has 3 heteroatoms. The van der Waals surface area contributed by atoms with Crippen molar-refractivity contribution in [1.82, 2.24) is 0 Å². The first kappa shape index (κ1) is 25.8. The first-order chi connectivity index (χ1) is 22.3. The van der Waals surface area contributed by atoms with Gasteiger partial charge in [-0.15, -0.1) is 11.3 Å².